The Balaban J connectivity index is -0.00000000167. The van der Waals surface area contributed by atoms with Gasteiger partial charge in [-0.2, -0.15) is 0 Å². The molecule has 0 amide bonds. The molecular weight excluding hydrogens is 251 g/mol. The van der Waals surface area contributed by atoms with E-state index >= 15 is 0 Å². The van der Waals surface area contributed by atoms with Crippen molar-refractivity contribution in [1.82, 2.24) is 0 Å². The molecule has 5 heavy (non-hydrogen) atoms. The Morgan fingerprint density at radius 2 is 1.20 bits per heavy atom. The van der Waals surface area contributed by atoms with E-state index in [1.807, 2.05) is 25.7 Å². The van der Waals surface area contributed by atoms with Gasteiger partial charge in [0, 0.05) is 36.5 Å². The first-order valence-corrected chi connectivity index (χ1v) is 2.42. The number of hydrogen-bond donors (Lipinski definition) is 0. The van der Waals surface area contributed by atoms with Crippen LogP contribution in [0.3, 0.4) is 0 Å². The molecule has 24 valence electrons. The Hall–Kier alpha value is 2.66. The molecule has 0 atom stereocenters. The Morgan fingerprint density at radius 1 is 1.20 bits per heavy atom. The van der Waals surface area contributed by atoms with Crippen molar-refractivity contribution in [2.45, 2.75) is 0 Å². The molecule has 0 nitrogen and oxygen atoms in total. The van der Waals surface area contributed by atoms with Crippen molar-refractivity contribution < 1.29 is 56.2 Å². The van der Waals surface area contributed by atoms with Gasteiger partial charge >= 0.3 is 48.8 Å². The molecule has 0 saturated carbocycles. The first kappa shape index (κ1) is 25.4. The first-order valence-electron chi connectivity index (χ1n) is 0.408. The summed E-state index contributed by atoms with van der Waals surface area (Å²) in [4.78, 5) is 0. The molecule has 0 saturated heterocycles. The average molecular weight is 255 g/mol. The normalized spacial score (nSPS) is 0.800. The molecule has 0 aromatic carbocycles. The van der Waals surface area contributed by atoms with Crippen LogP contribution in [-0.2, 0) is 56.2 Å². The Kier molecular flexibility index (Phi) is 153. The zero-order valence-corrected chi connectivity index (χ0v) is 8.65. The summed E-state index contributed by atoms with van der Waals surface area (Å²) >= 11 is 1.95. The minimum absolute atomic E-state index is 0. The molecule has 0 spiro atoms. The topological polar surface area (TPSA) is 0 Å². The summed E-state index contributed by atoms with van der Waals surface area (Å²) < 4.78 is 0. The molecule has 0 unspecified atom stereocenters. The van der Waals surface area contributed by atoms with Gasteiger partial charge in [-0.15, -0.1) is 0 Å². The van der Waals surface area contributed by atoms with E-state index in [1.165, 1.54) is 0 Å². The van der Waals surface area contributed by atoms with Gasteiger partial charge in [0.2, 0.25) is 0 Å². The number of hydrogen-bond acceptors (Lipinski definition) is 0. The third kappa shape index (κ3) is 20.4. The van der Waals surface area contributed by atoms with Crippen LogP contribution in [0, 0.1) is 0 Å². The summed E-state index contributed by atoms with van der Waals surface area (Å²) in [6.45, 7) is 0. The zero-order chi connectivity index (χ0) is 2.00. The summed E-state index contributed by atoms with van der Waals surface area (Å²) in [5.41, 5.74) is 0. The van der Waals surface area contributed by atoms with Crippen molar-refractivity contribution in [3.8, 4) is 0 Å². The van der Waals surface area contributed by atoms with E-state index in [0.29, 0.717) is 0 Å². The molecule has 0 N–H and O–H groups in total. The van der Waals surface area contributed by atoms with E-state index in [0.717, 1.165) is 0 Å². The maximum atomic E-state index is 2.01. The van der Waals surface area contributed by atoms with Gasteiger partial charge in [0.25, 0.3) is 0 Å². The molecule has 0 aliphatic carbocycles. The monoisotopic (exact) mass is 256 g/mol. The van der Waals surface area contributed by atoms with Crippen molar-refractivity contribution >= 4 is 29.2 Å². The van der Waals surface area contributed by atoms with Gasteiger partial charge in [0.05, 0.1) is 0 Å². The van der Waals surface area contributed by atoms with Crippen molar-refractivity contribution in [3.63, 3.8) is 0 Å². The molecule has 1 radical (unpaired) electrons. The van der Waals surface area contributed by atoms with E-state index in [2.05, 4.69) is 0 Å². The zero-order valence-electron chi connectivity index (χ0n) is 2.49. The van der Waals surface area contributed by atoms with Gasteiger partial charge in [-0.05, 0) is 0 Å². The van der Waals surface area contributed by atoms with Gasteiger partial charge in [0.1, 0.15) is 0 Å². The second-order valence-corrected chi connectivity index (χ2v) is 0. The third-order valence-electron chi connectivity index (χ3n) is 0. The van der Waals surface area contributed by atoms with Crippen LogP contribution in [0.1, 0.15) is 0 Å². The van der Waals surface area contributed by atoms with Crippen LogP contribution in [0.25, 0.3) is 0 Å². The summed E-state index contributed by atoms with van der Waals surface area (Å²) in [5, 5.41) is 0. The predicted octanol–water partition coefficient (Wildman–Crippen LogP) is -1.84. The molecule has 0 rings (SSSR count). The molecular formula is H4BMgMnMoZn. The van der Waals surface area contributed by atoms with Crippen molar-refractivity contribution in [3.05, 3.63) is 0 Å². The maximum Gasteiger partial charge on any atom is 0.316 e. The molecule has 0 aromatic heterocycles. The van der Waals surface area contributed by atoms with Gasteiger partial charge in [-0.1, -0.05) is 0 Å². The van der Waals surface area contributed by atoms with Crippen molar-refractivity contribution in [1.29, 1.82) is 0 Å². The van der Waals surface area contributed by atoms with E-state index < -0.39 is 0 Å². The van der Waals surface area contributed by atoms with Crippen molar-refractivity contribution in [2.24, 2.45) is 0 Å². The predicted molar refractivity (Wildman–Crippen MR) is 17.1 cm³/mol. The summed E-state index contributed by atoms with van der Waals surface area (Å²) in [5.74, 6) is 0. The second kappa shape index (κ2) is 30.1. The van der Waals surface area contributed by atoms with Crippen LogP contribution in [0.15, 0.2) is 0 Å². The standard InChI is InChI=1S/BH2.Mg.Mn.Mo.Zn.2H/h1H2;;;;;;/q+1;;;-1;;;. The van der Waals surface area contributed by atoms with E-state index in [1.54, 1.807) is 0 Å². The van der Waals surface area contributed by atoms with Gasteiger partial charge in [-0.3, -0.25) is 0 Å². The maximum absolute atomic E-state index is 2.01. The average Bonchev–Trinajstić information content (AvgIpc) is 1.00. The van der Waals surface area contributed by atoms with Gasteiger partial charge < -0.3 is 0 Å². The molecule has 5 heteroatoms. The summed E-state index contributed by atoms with van der Waals surface area (Å²) in [6, 6.07) is 0. The Morgan fingerprint density at radius 3 is 1.20 bits per heavy atom. The fourth-order valence-electron chi connectivity index (χ4n) is 0. The van der Waals surface area contributed by atoms with E-state index in [9.17, 15) is 0 Å². The molecule has 0 bridgehead atoms. The largest absolute Gasteiger partial charge is 0.316 e. The fourth-order valence-corrected chi connectivity index (χ4v) is 0. The van der Waals surface area contributed by atoms with Crippen LogP contribution in [0.5, 0.6) is 0 Å². The minimum atomic E-state index is 0. The molecule has 0 aliphatic rings. The summed E-state index contributed by atoms with van der Waals surface area (Å²) in [7, 11) is 0. The van der Waals surface area contributed by atoms with Crippen LogP contribution in [-0.4, -0.2) is 29.2 Å². The van der Waals surface area contributed by atoms with Crippen LogP contribution >= 0.6 is 0 Å². The van der Waals surface area contributed by atoms with E-state index in [-0.39, 0.29) is 59.6 Å². The molecule has 0 aromatic rings. The van der Waals surface area contributed by atoms with Crippen LogP contribution in [0.4, 0.5) is 0 Å². The number of rotatable bonds is 0. The smallest absolute Gasteiger partial charge is 0 e. The second-order valence-electron chi connectivity index (χ2n) is 0. The quantitative estimate of drug-likeness (QED) is 0.446. The van der Waals surface area contributed by atoms with Crippen LogP contribution < -0.4 is 0 Å². The summed E-state index contributed by atoms with van der Waals surface area (Å²) in [6.07, 6.45) is 2.01. The van der Waals surface area contributed by atoms with Crippen molar-refractivity contribution in [2.75, 3.05) is 0 Å². The first-order chi connectivity index (χ1) is 1.00. The SMILES string of the molecule is [BH2][Mo].[MgH2].[Mn].[Zn]. The Labute approximate surface area is 84.1 Å². The van der Waals surface area contributed by atoms with Gasteiger partial charge in [0.15, 0.2) is 0 Å². The molecule has 0 fully saturated rings. The Bertz CT molecular complexity index is 11.6. The van der Waals surface area contributed by atoms with Crippen LogP contribution in [0.2, 0.25) is 0 Å². The molecule has 0 aliphatic heterocycles. The van der Waals surface area contributed by atoms with E-state index in [4.69, 9.17) is 0 Å². The third-order valence-corrected chi connectivity index (χ3v) is 0. The fraction of sp³-hybridized carbons (Fsp3) is 0. The minimum Gasteiger partial charge on any atom is 0 e. The van der Waals surface area contributed by atoms with Gasteiger partial charge in [-0.25, -0.2) is 0 Å². The molecule has 0 heterocycles.